The highest BCUT2D eigenvalue weighted by molar-refractivity contribution is 5.87. The van der Waals surface area contributed by atoms with Gasteiger partial charge in [0.15, 0.2) is 0 Å². The summed E-state index contributed by atoms with van der Waals surface area (Å²) >= 11 is 0. The van der Waals surface area contributed by atoms with Crippen LogP contribution in [0.5, 0.6) is 5.75 Å². The summed E-state index contributed by atoms with van der Waals surface area (Å²) in [7, 11) is 0. The molecule has 2 rings (SSSR count). The standard InChI is InChI=1S/C18H25NO2/c1-14(2)19-13-17-16-8-4-3-7-15(16)9-10-18(17)21-12-6-5-11-20/h3-4,7-10,14,19-20H,5-6,11-13H2,1-2H3. The molecule has 0 aliphatic carbocycles. The average Bonchev–Trinajstić information content (AvgIpc) is 2.49. The fraction of sp³-hybridized carbons (Fsp3) is 0.444. The molecule has 3 heteroatoms. The molecule has 0 aliphatic heterocycles. The Morgan fingerprint density at radius 2 is 1.90 bits per heavy atom. The van der Waals surface area contributed by atoms with Crippen LogP contribution in [0, 0.1) is 0 Å². The zero-order valence-corrected chi connectivity index (χ0v) is 12.9. The van der Waals surface area contributed by atoms with Crippen molar-refractivity contribution in [1.29, 1.82) is 0 Å². The van der Waals surface area contributed by atoms with Crippen LogP contribution in [0.15, 0.2) is 36.4 Å². The molecule has 2 aromatic rings. The van der Waals surface area contributed by atoms with E-state index in [9.17, 15) is 0 Å². The predicted molar refractivity (Wildman–Crippen MR) is 87.7 cm³/mol. The molecule has 0 radical (unpaired) electrons. The van der Waals surface area contributed by atoms with Crippen LogP contribution in [0.1, 0.15) is 32.3 Å². The summed E-state index contributed by atoms with van der Waals surface area (Å²) in [4.78, 5) is 0. The van der Waals surface area contributed by atoms with Crippen LogP contribution in [0.3, 0.4) is 0 Å². The Morgan fingerprint density at radius 1 is 1.10 bits per heavy atom. The quantitative estimate of drug-likeness (QED) is 0.730. The number of fused-ring (bicyclic) bond motifs is 1. The maximum absolute atomic E-state index is 8.84. The third kappa shape index (κ3) is 4.45. The van der Waals surface area contributed by atoms with E-state index in [-0.39, 0.29) is 6.61 Å². The van der Waals surface area contributed by atoms with E-state index in [1.807, 2.05) is 0 Å². The topological polar surface area (TPSA) is 41.5 Å². The lowest BCUT2D eigenvalue weighted by molar-refractivity contribution is 0.252. The van der Waals surface area contributed by atoms with E-state index < -0.39 is 0 Å². The normalized spacial score (nSPS) is 11.2. The van der Waals surface area contributed by atoms with Crippen LogP contribution < -0.4 is 10.1 Å². The van der Waals surface area contributed by atoms with Crippen LogP contribution in [0.2, 0.25) is 0 Å². The molecule has 0 spiro atoms. The second-order valence-electron chi connectivity index (χ2n) is 5.58. The third-order valence-corrected chi connectivity index (χ3v) is 3.49. The minimum Gasteiger partial charge on any atom is -0.493 e. The van der Waals surface area contributed by atoms with Gasteiger partial charge in [-0.05, 0) is 29.7 Å². The first-order chi connectivity index (χ1) is 10.2. The molecule has 0 aliphatic rings. The molecule has 0 saturated heterocycles. The Labute approximate surface area is 126 Å². The van der Waals surface area contributed by atoms with Crippen LogP contribution in [0.25, 0.3) is 10.8 Å². The molecular formula is C18H25NO2. The largest absolute Gasteiger partial charge is 0.493 e. The summed E-state index contributed by atoms with van der Waals surface area (Å²) in [6, 6.07) is 13.0. The fourth-order valence-electron chi connectivity index (χ4n) is 2.34. The highest BCUT2D eigenvalue weighted by Gasteiger charge is 2.09. The SMILES string of the molecule is CC(C)NCc1c(OCCCCO)ccc2ccccc12. The van der Waals surface area contributed by atoms with Crippen molar-refractivity contribution in [3.8, 4) is 5.75 Å². The summed E-state index contributed by atoms with van der Waals surface area (Å²) < 4.78 is 5.93. The lowest BCUT2D eigenvalue weighted by atomic mass is 10.0. The van der Waals surface area contributed by atoms with Crippen LogP contribution in [0.4, 0.5) is 0 Å². The van der Waals surface area contributed by atoms with Crippen molar-refractivity contribution in [2.75, 3.05) is 13.2 Å². The van der Waals surface area contributed by atoms with Crippen LogP contribution >= 0.6 is 0 Å². The molecule has 0 aromatic heterocycles. The third-order valence-electron chi connectivity index (χ3n) is 3.49. The molecule has 2 aromatic carbocycles. The average molecular weight is 287 g/mol. The van der Waals surface area contributed by atoms with Crippen molar-refractivity contribution in [2.24, 2.45) is 0 Å². The Morgan fingerprint density at radius 3 is 2.67 bits per heavy atom. The van der Waals surface area contributed by atoms with E-state index in [2.05, 4.69) is 55.6 Å². The molecule has 0 atom stereocenters. The van der Waals surface area contributed by atoms with Gasteiger partial charge in [0.05, 0.1) is 6.61 Å². The number of hydrogen-bond acceptors (Lipinski definition) is 3. The molecule has 0 bridgehead atoms. The van der Waals surface area contributed by atoms with E-state index >= 15 is 0 Å². The minimum atomic E-state index is 0.225. The number of benzene rings is 2. The molecule has 0 saturated carbocycles. The lowest BCUT2D eigenvalue weighted by Gasteiger charge is -2.16. The van der Waals surface area contributed by atoms with Gasteiger partial charge in [0.25, 0.3) is 0 Å². The molecule has 0 amide bonds. The van der Waals surface area contributed by atoms with Gasteiger partial charge in [-0.3, -0.25) is 0 Å². The Kier molecular flexibility index (Phi) is 6.03. The van der Waals surface area contributed by atoms with E-state index in [1.54, 1.807) is 0 Å². The van der Waals surface area contributed by atoms with Gasteiger partial charge in [-0.25, -0.2) is 0 Å². The van der Waals surface area contributed by atoms with E-state index in [0.717, 1.165) is 25.1 Å². The molecule has 0 fully saturated rings. The summed E-state index contributed by atoms with van der Waals surface area (Å²) in [5, 5.41) is 14.8. The van der Waals surface area contributed by atoms with Crippen molar-refractivity contribution in [2.45, 2.75) is 39.3 Å². The van der Waals surface area contributed by atoms with Gasteiger partial charge in [-0.2, -0.15) is 0 Å². The summed E-state index contributed by atoms with van der Waals surface area (Å²) in [6.07, 6.45) is 1.66. The second kappa shape index (κ2) is 8.01. The Bertz CT molecular complexity index is 566. The van der Waals surface area contributed by atoms with Crippen molar-refractivity contribution in [1.82, 2.24) is 5.32 Å². The lowest BCUT2D eigenvalue weighted by Crippen LogP contribution is -2.22. The monoisotopic (exact) mass is 287 g/mol. The highest BCUT2D eigenvalue weighted by Crippen LogP contribution is 2.28. The maximum atomic E-state index is 8.84. The van der Waals surface area contributed by atoms with Crippen LogP contribution in [-0.4, -0.2) is 24.4 Å². The summed E-state index contributed by atoms with van der Waals surface area (Å²) in [5.74, 6) is 0.944. The highest BCUT2D eigenvalue weighted by atomic mass is 16.5. The molecule has 0 unspecified atom stereocenters. The Hall–Kier alpha value is -1.58. The molecule has 2 N–H and O–H groups in total. The van der Waals surface area contributed by atoms with Gasteiger partial charge >= 0.3 is 0 Å². The molecule has 114 valence electrons. The zero-order chi connectivity index (χ0) is 15.1. The number of aliphatic hydroxyl groups excluding tert-OH is 1. The van der Waals surface area contributed by atoms with Crippen molar-refractivity contribution in [3.63, 3.8) is 0 Å². The number of nitrogens with one attached hydrogen (secondary N) is 1. The number of ether oxygens (including phenoxy) is 1. The van der Waals surface area contributed by atoms with E-state index in [0.29, 0.717) is 12.6 Å². The van der Waals surface area contributed by atoms with Gasteiger partial charge in [0, 0.05) is 24.8 Å². The van der Waals surface area contributed by atoms with Gasteiger partial charge < -0.3 is 15.2 Å². The van der Waals surface area contributed by atoms with Crippen molar-refractivity contribution >= 4 is 10.8 Å². The first-order valence-corrected chi connectivity index (χ1v) is 7.70. The smallest absolute Gasteiger partial charge is 0.124 e. The van der Waals surface area contributed by atoms with E-state index in [1.165, 1.54) is 16.3 Å². The van der Waals surface area contributed by atoms with Crippen molar-refractivity contribution < 1.29 is 9.84 Å². The molecular weight excluding hydrogens is 262 g/mol. The second-order valence-corrected chi connectivity index (χ2v) is 5.58. The summed E-state index contributed by atoms with van der Waals surface area (Å²) in [6.45, 7) is 5.96. The van der Waals surface area contributed by atoms with Gasteiger partial charge in [-0.15, -0.1) is 0 Å². The minimum absolute atomic E-state index is 0.225. The molecule has 3 nitrogen and oxygen atoms in total. The first-order valence-electron chi connectivity index (χ1n) is 7.70. The predicted octanol–water partition coefficient (Wildman–Crippen LogP) is 3.49. The Balaban J connectivity index is 2.23. The first kappa shape index (κ1) is 15.8. The van der Waals surface area contributed by atoms with Crippen LogP contribution in [-0.2, 0) is 6.54 Å². The van der Waals surface area contributed by atoms with Crippen molar-refractivity contribution in [3.05, 3.63) is 42.0 Å². The van der Waals surface area contributed by atoms with Gasteiger partial charge in [0.1, 0.15) is 5.75 Å². The summed E-state index contributed by atoms with van der Waals surface area (Å²) in [5.41, 5.74) is 1.21. The fourth-order valence-corrected chi connectivity index (χ4v) is 2.34. The zero-order valence-electron chi connectivity index (χ0n) is 12.9. The molecule has 0 heterocycles. The van der Waals surface area contributed by atoms with Gasteiger partial charge in [0.2, 0.25) is 0 Å². The number of aliphatic hydroxyl groups is 1. The van der Waals surface area contributed by atoms with E-state index in [4.69, 9.17) is 9.84 Å². The maximum Gasteiger partial charge on any atom is 0.124 e. The molecule has 21 heavy (non-hydrogen) atoms. The number of rotatable bonds is 8. The van der Waals surface area contributed by atoms with Gasteiger partial charge in [-0.1, -0.05) is 44.2 Å². The number of unbranched alkanes of at least 4 members (excludes halogenated alkanes) is 1. The number of hydrogen-bond donors (Lipinski definition) is 2.